The molecule has 1 aliphatic rings. The highest BCUT2D eigenvalue weighted by Gasteiger charge is 2.23. The maximum absolute atomic E-state index is 12.4. The van der Waals surface area contributed by atoms with Crippen molar-refractivity contribution < 1.29 is 4.79 Å². The fourth-order valence-corrected chi connectivity index (χ4v) is 3.83. The van der Waals surface area contributed by atoms with Gasteiger partial charge in [0.15, 0.2) is 0 Å². The second-order valence-corrected chi connectivity index (χ2v) is 6.32. The summed E-state index contributed by atoms with van der Waals surface area (Å²) in [7, 11) is 0. The monoisotopic (exact) mass is 305 g/mol. The molecule has 0 radical (unpaired) electrons. The van der Waals surface area contributed by atoms with E-state index in [9.17, 15) is 4.79 Å². The van der Waals surface area contributed by atoms with E-state index in [2.05, 4.69) is 16.8 Å². The zero-order chi connectivity index (χ0) is 13.9. The van der Waals surface area contributed by atoms with Crippen molar-refractivity contribution in [1.82, 2.24) is 5.32 Å². The first-order valence-corrected chi connectivity index (χ1v) is 8.21. The summed E-state index contributed by atoms with van der Waals surface area (Å²) < 4.78 is 0. The predicted octanol–water partition coefficient (Wildman–Crippen LogP) is 4.29. The van der Waals surface area contributed by atoms with Crippen LogP contribution in [0.1, 0.15) is 45.2 Å². The van der Waals surface area contributed by atoms with Gasteiger partial charge in [-0.05, 0) is 54.0 Å². The van der Waals surface area contributed by atoms with E-state index in [0.29, 0.717) is 11.4 Å². The van der Waals surface area contributed by atoms with Crippen LogP contribution < -0.4 is 5.32 Å². The third-order valence-corrected chi connectivity index (χ3v) is 5.01. The van der Waals surface area contributed by atoms with Gasteiger partial charge in [0, 0.05) is 16.3 Å². The summed E-state index contributed by atoms with van der Waals surface area (Å²) in [5.41, 5.74) is 2.95. The SMILES string of the molecule is O=C(NC1CCCc2sccc21)c1cccc(CCl)c1. The number of amides is 1. The Bertz CT molecular complexity index is 622. The van der Waals surface area contributed by atoms with Crippen molar-refractivity contribution in [3.8, 4) is 0 Å². The number of hydrogen-bond donors (Lipinski definition) is 1. The molecule has 104 valence electrons. The minimum absolute atomic E-state index is 0.0129. The van der Waals surface area contributed by atoms with Crippen LogP contribution >= 0.6 is 22.9 Å². The van der Waals surface area contributed by atoms with Gasteiger partial charge in [-0.2, -0.15) is 0 Å². The van der Waals surface area contributed by atoms with Crippen LogP contribution in [0.15, 0.2) is 35.7 Å². The van der Waals surface area contributed by atoms with Crippen molar-refractivity contribution in [1.29, 1.82) is 0 Å². The first-order chi connectivity index (χ1) is 9.78. The lowest BCUT2D eigenvalue weighted by molar-refractivity contribution is 0.0933. The van der Waals surface area contributed by atoms with E-state index in [1.54, 1.807) is 11.3 Å². The third kappa shape index (κ3) is 2.74. The maximum atomic E-state index is 12.4. The summed E-state index contributed by atoms with van der Waals surface area (Å²) in [6, 6.07) is 9.80. The van der Waals surface area contributed by atoms with Gasteiger partial charge in [-0.25, -0.2) is 0 Å². The lowest BCUT2D eigenvalue weighted by Gasteiger charge is -2.23. The molecule has 0 saturated carbocycles. The summed E-state index contributed by atoms with van der Waals surface area (Å²) >= 11 is 7.61. The maximum Gasteiger partial charge on any atom is 0.251 e. The molecule has 0 saturated heterocycles. The Labute approximate surface area is 127 Å². The molecule has 0 fully saturated rings. The van der Waals surface area contributed by atoms with Gasteiger partial charge in [-0.1, -0.05) is 12.1 Å². The first-order valence-electron chi connectivity index (χ1n) is 6.80. The molecule has 1 N–H and O–H groups in total. The Morgan fingerprint density at radius 2 is 2.30 bits per heavy atom. The van der Waals surface area contributed by atoms with Crippen LogP contribution in [0, 0.1) is 0 Å². The second kappa shape index (κ2) is 5.98. The number of benzene rings is 1. The van der Waals surface area contributed by atoms with Crippen LogP contribution in [0.25, 0.3) is 0 Å². The molecule has 1 atom stereocenters. The van der Waals surface area contributed by atoms with Gasteiger partial charge in [0.25, 0.3) is 5.91 Å². The number of rotatable bonds is 3. The molecule has 0 aliphatic heterocycles. The van der Waals surface area contributed by atoms with Gasteiger partial charge < -0.3 is 5.32 Å². The van der Waals surface area contributed by atoms with Crippen LogP contribution in [0.3, 0.4) is 0 Å². The molecule has 1 heterocycles. The van der Waals surface area contributed by atoms with Gasteiger partial charge >= 0.3 is 0 Å². The van der Waals surface area contributed by atoms with Crippen LogP contribution in [0.2, 0.25) is 0 Å². The summed E-state index contributed by atoms with van der Waals surface area (Å²) in [6.45, 7) is 0. The summed E-state index contributed by atoms with van der Waals surface area (Å²) in [5, 5.41) is 5.27. The third-order valence-electron chi connectivity index (χ3n) is 3.70. The minimum Gasteiger partial charge on any atom is -0.345 e. The van der Waals surface area contributed by atoms with E-state index in [-0.39, 0.29) is 11.9 Å². The van der Waals surface area contributed by atoms with Crippen molar-refractivity contribution in [3.63, 3.8) is 0 Å². The van der Waals surface area contributed by atoms with Crippen LogP contribution in [-0.4, -0.2) is 5.91 Å². The molecule has 0 bridgehead atoms. The number of halogens is 1. The molecule has 1 amide bonds. The number of hydrogen-bond acceptors (Lipinski definition) is 2. The highest BCUT2D eigenvalue weighted by molar-refractivity contribution is 7.10. The number of nitrogens with one attached hydrogen (secondary N) is 1. The van der Waals surface area contributed by atoms with Crippen molar-refractivity contribution >= 4 is 28.8 Å². The number of aryl methyl sites for hydroxylation is 1. The Morgan fingerprint density at radius 1 is 1.40 bits per heavy atom. The number of fused-ring (bicyclic) bond motifs is 1. The van der Waals surface area contributed by atoms with Crippen LogP contribution in [0.4, 0.5) is 0 Å². The molecule has 20 heavy (non-hydrogen) atoms. The van der Waals surface area contributed by atoms with Gasteiger partial charge in [0.2, 0.25) is 0 Å². The molecule has 2 nitrogen and oxygen atoms in total. The van der Waals surface area contributed by atoms with E-state index in [4.69, 9.17) is 11.6 Å². The number of alkyl halides is 1. The Kier molecular flexibility index (Phi) is 4.08. The molecular formula is C16H16ClNOS. The number of carbonyl (C=O) groups is 1. The smallest absolute Gasteiger partial charge is 0.251 e. The van der Waals surface area contributed by atoms with Gasteiger partial charge in [0.1, 0.15) is 0 Å². The normalized spacial score (nSPS) is 17.6. The lowest BCUT2D eigenvalue weighted by atomic mass is 9.94. The van der Waals surface area contributed by atoms with Gasteiger partial charge in [-0.3, -0.25) is 4.79 Å². The van der Waals surface area contributed by atoms with E-state index in [0.717, 1.165) is 24.8 Å². The van der Waals surface area contributed by atoms with Gasteiger partial charge in [0.05, 0.1) is 6.04 Å². The molecule has 0 spiro atoms. The second-order valence-electron chi connectivity index (χ2n) is 5.05. The summed E-state index contributed by atoms with van der Waals surface area (Å²) in [5.74, 6) is 0.417. The van der Waals surface area contributed by atoms with E-state index in [1.807, 2.05) is 24.3 Å². The molecule has 4 heteroatoms. The summed E-state index contributed by atoms with van der Waals surface area (Å²) in [6.07, 6.45) is 3.30. The average Bonchev–Trinajstić information content (AvgIpc) is 2.97. The number of thiophene rings is 1. The Balaban J connectivity index is 1.77. The van der Waals surface area contributed by atoms with E-state index in [1.165, 1.54) is 10.4 Å². The topological polar surface area (TPSA) is 29.1 Å². The zero-order valence-corrected chi connectivity index (χ0v) is 12.6. The Morgan fingerprint density at radius 3 is 3.15 bits per heavy atom. The van der Waals surface area contributed by atoms with Crippen molar-refractivity contribution in [2.24, 2.45) is 0 Å². The molecule has 1 unspecified atom stereocenters. The van der Waals surface area contributed by atoms with Crippen LogP contribution in [0.5, 0.6) is 0 Å². The minimum atomic E-state index is -0.0129. The molecule has 1 aliphatic carbocycles. The highest BCUT2D eigenvalue weighted by Crippen LogP contribution is 2.33. The first kappa shape index (κ1) is 13.7. The zero-order valence-electron chi connectivity index (χ0n) is 11.1. The number of carbonyl (C=O) groups excluding carboxylic acids is 1. The standard InChI is InChI=1S/C16H16ClNOS/c17-10-11-3-1-4-12(9-11)16(19)18-14-5-2-6-15-13(14)7-8-20-15/h1,3-4,7-9,14H,2,5-6,10H2,(H,18,19). The van der Waals surface area contributed by atoms with E-state index < -0.39 is 0 Å². The predicted molar refractivity (Wildman–Crippen MR) is 83.5 cm³/mol. The fraction of sp³-hybridized carbons (Fsp3) is 0.312. The average molecular weight is 306 g/mol. The lowest BCUT2D eigenvalue weighted by Crippen LogP contribution is -2.30. The van der Waals surface area contributed by atoms with Gasteiger partial charge in [-0.15, -0.1) is 22.9 Å². The Hall–Kier alpha value is -1.32. The summed E-state index contributed by atoms with van der Waals surface area (Å²) in [4.78, 5) is 13.8. The molecule has 3 rings (SSSR count). The molecule has 1 aromatic heterocycles. The van der Waals surface area contributed by atoms with Crippen molar-refractivity contribution in [2.45, 2.75) is 31.2 Å². The van der Waals surface area contributed by atoms with Crippen molar-refractivity contribution in [3.05, 3.63) is 57.3 Å². The van der Waals surface area contributed by atoms with E-state index >= 15 is 0 Å². The molecule has 1 aromatic carbocycles. The highest BCUT2D eigenvalue weighted by atomic mass is 35.5. The fourth-order valence-electron chi connectivity index (χ4n) is 2.67. The van der Waals surface area contributed by atoms with Crippen LogP contribution in [-0.2, 0) is 12.3 Å². The van der Waals surface area contributed by atoms with Crippen molar-refractivity contribution in [2.75, 3.05) is 0 Å². The molecule has 2 aromatic rings. The molecular weight excluding hydrogens is 290 g/mol. The quantitative estimate of drug-likeness (QED) is 0.842. The largest absolute Gasteiger partial charge is 0.345 e.